The molecular weight excluding hydrogens is 408 g/mol. The summed E-state index contributed by atoms with van der Waals surface area (Å²) in [5, 5.41) is 11.3. The second-order valence-corrected chi connectivity index (χ2v) is 8.23. The largest absolute Gasteiger partial charge is 0.350 e. The molecule has 1 aromatic heterocycles. The first-order chi connectivity index (χ1) is 15.0. The van der Waals surface area contributed by atoms with Gasteiger partial charge in [0.25, 0.3) is 5.91 Å². The third-order valence-corrected chi connectivity index (χ3v) is 5.81. The van der Waals surface area contributed by atoms with Gasteiger partial charge in [-0.25, -0.2) is 0 Å². The van der Waals surface area contributed by atoms with Crippen LogP contribution in [0.2, 0.25) is 5.02 Å². The number of hydrogen-bond donors (Lipinski definition) is 2. The number of aromatic amines is 1. The number of rotatable bonds is 10. The van der Waals surface area contributed by atoms with E-state index < -0.39 is 0 Å². The van der Waals surface area contributed by atoms with E-state index in [0.717, 1.165) is 55.0 Å². The summed E-state index contributed by atoms with van der Waals surface area (Å²) >= 11 is 5.96. The molecule has 0 saturated carbocycles. The van der Waals surface area contributed by atoms with Gasteiger partial charge in [0.05, 0.1) is 11.4 Å². The Morgan fingerprint density at radius 3 is 2.35 bits per heavy atom. The van der Waals surface area contributed by atoms with Crippen LogP contribution in [0.5, 0.6) is 0 Å². The number of benzene rings is 2. The maximum absolute atomic E-state index is 12.6. The molecule has 2 N–H and O–H groups in total. The Morgan fingerprint density at radius 2 is 1.71 bits per heavy atom. The number of carbonyl (C=O) groups excluding carboxylic acids is 1. The summed E-state index contributed by atoms with van der Waals surface area (Å²) < 4.78 is 0. The van der Waals surface area contributed by atoms with Crippen LogP contribution >= 0.6 is 11.6 Å². The molecule has 1 atom stereocenters. The van der Waals surface area contributed by atoms with E-state index in [9.17, 15) is 4.79 Å². The third-order valence-electron chi connectivity index (χ3n) is 5.56. The molecule has 0 aliphatic heterocycles. The molecule has 0 spiro atoms. The van der Waals surface area contributed by atoms with Crippen LogP contribution < -0.4 is 5.32 Å². The fraction of sp³-hybridized carbons (Fsp3) is 0.360. The molecule has 2 aromatic carbocycles. The molecule has 6 heteroatoms. The third kappa shape index (κ3) is 6.42. The minimum atomic E-state index is -0.0363. The number of nitrogens with zero attached hydrogens (tertiary/aromatic N) is 2. The van der Waals surface area contributed by atoms with Gasteiger partial charge in [-0.15, -0.1) is 0 Å². The lowest BCUT2D eigenvalue weighted by molar-refractivity contribution is 0.0937. The molecule has 0 bridgehead atoms. The highest BCUT2D eigenvalue weighted by Crippen LogP contribution is 2.25. The molecule has 3 rings (SSSR count). The van der Waals surface area contributed by atoms with Crippen molar-refractivity contribution in [1.82, 2.24) is 20.4 Å². The molecule has 1 amide bonds. The molecule has 0 saturated heterocycles. The molecule has 0 fully saturated rings. The van der Waals surface area contributed by atoms with Crippen LogP contribution in [0.4, 0.5) is 0 Å². The Hall–Kier alpha value is -2.63. The number of carbonyl (C=O) groups is 1. The van der Waals surface area contributed by atoms with Crippen molar-refractivity contribution in [3.63, 3.8) is 0 Å². The van der Waals surface area contributed by atoms with Crippen LogP contribution in [0, 0.1) is 0 Å². The van der Waals surface area contributed by atoms with Crippen molar-refractivity contribution in [3.05, 3.63) is 65.2 Å². The smallest absolute Gasteiger partial charge is 0.251 e. The van der Waals surface area contributed by atoms with Gasteiger partial charge in [0.1, 0.15) is 0 Å². The second-order valence-electron chi connectivity index (χ2n) is 7.79. The molecule has 0 aliphatic carbocycles. The number of halogens is 1. The fourth-order valence-electron chi connectivity index (χ4n) is 3.58. The van der Waals surface area contributed by atoms with Crippen molar-refractivity contribution in [2.45, 2.75) is 39.7 Å². The number of aromatic nitrogens is 2. The predicted octanol–water partition coefficient (Wildman–Crippen LogP) is 5.64. The van der Waals surface area contributed by atoms with E-state index in [0.29, 0.717) is 10.6 Å². The Labute approximate surface area is 189 Å². The molecular formula is C25H31ClN4O. The number of amides is 1. The van der Waals surface area contributed by atoms with Gasteiger partial charge in [-0.3, -0.25) is 9.89 Å². The molecule has 31 heavy (non-hydrogen) atoms. The van der Waals surface area contributed by atoms with Crippen LogP contribution in [-0.2, 0) is 0 Å². The second kappa shape index (κ2) is 11.1. The lowest BCUT2D eigenvalue weighted by Crippen LogP contribution is -2.33. The van der Waals surface area contributed by atoms with E-state index >= 15 is 0 Å². The zero-order chi connectivity index (χ0) is 22.2. The maximum atomic E-state index is 12.6. The fourth-order valence-corrected chi connectivity index (χ4v) is 3.71. The molecule has 0 unspecified atom stereocenters. The Bertz CT molecular complexity index is 962. The van der Waals surface area contributed by atoms with E-state index in [-0.39, 0.29) is 11.9 Å². The Balaban J connectivity index is 1.56. The molecule has 3 aromatic rings. The summed E-state index contributed by atoms with van der Waals surface area (Å²) in [7, 11) is 0. The van der Waals surface area contributed by atoms with Gasteiger partial charge in [-0.05, 0) is 75.3 Å². The summed E-state index contributed by atoms with van der Waals surface area (Å²) in [6.45, 7) is 9.64. The van der Waals surface area contributed by atoms with E-state index in [1.165, 1.54) is 0 Å². The van der Waals surface area contributed by atoms with Crippen molar-refractivity contribution in [2.75, 3.05) is 19.6 Å². The molecule has 1 heterocycles. The van der Waals surface area contributed by atoms with E-state index in [1.807, 2.05) is 54.6 Å². The zero-order valence-electron chi connectivity index (χ0n) is 18.5. The summed E-state index contributed by atoms with van der Waals surface area (Å²) in [5.74, 6) is -0.0363. The summed E-state index contributed by atoms with van der Waals surface area (Å²) in [5.41, 5.74) is 4.40. The van der Waals surface area contributed by atoms with Crippen molar-refractivity contribution >= 4 is 17.5 Å². The highest BCUT2D eigenvalue weighted by atomic mass is 35.5. The average molecular weight is 439 g/mol. The maximum Gasteiger partial charge on any atom is 0.251 e. The highest BCUT2D eigenvalue weighted by Gasteiger charge is 2.12. The molecule has 164 valence electrons. The number of nitrogens with one attached hydrogen (secondary N) is 2. The summed E-state index contributed by atoms with van der Waals surface area (Å²) in [6, 6.07) is 17.3. The SMILES string of the molecule is CCN(CC)CCC[C@H](C)NC(=O)c1ccc(-c2cc(-c3ccc(Cl)cc3)[nH]n2)cc1. The minimum Gasteiger partial charge on any atom is -0.350 e. The first-order valence-electron chi connectivity index (χ1n) is 10.9. The van der Waals surface area contributed by atoms with Crippen molar-refractivity contribution in [3.8, 4) is 22.5 Å². The summed E-state index contributed by atoms with van der Waals surface area (Å²) in [4.78, 5) is 15.0. The van der Waals surface area contributed by atoms with Gasteiger partial charge >= 0.3 is 0 Å². The van der Waals surface area contributed by atoms with Crippen molar-refractivity contribution < 1.29 is 4.79 Å². The number of H-pyrrole nitrogens is 1. The van der Waals surface area contributed by atoms with E-state index in [1.54, 1.807) is 0 Å². The van der Waals surface area contributed by atoms with Gasteiger partial charge < -0.3 is 10.2 Å². The van der Waals surface area contributed by atoms with Crippen LogP contribution in [-0.4, -0.2) is 46.7 Å². The predicted molar refractivity (Wildman–Crippen MR) is 128 cm³/mol. The van der Waals surface area contributed by atoms with Crippen LogP contribution in [0.25, 0.3) is 22.5 Å². The summed E-state index contributed by atoms with van der Waals surface area (Å²) in [6.07, 6.45) is 2.05. The van der Waals surface area contributed by atoms with Gasteiger partial charge in [0, 0.05) is 22.2 Å². The average Bonchev–Trinajstić information content (AvgIpc) is 3.27. The lowest BCUT2D eigenvalue weighted by Gasteiger charge is -2.19. The monoisotopic (exact) mass is 438 g/mol. The van der Waals surface area contributed by atoms with Gasteiger partial charge in [-0.1, -0.05) is 49.7 Å². The first-order valence-corrected chi connectivity index (χ1v) is 11.3. The Morgan fingerprint density at radius 1 is 1.06 bits per heavy atom. The molecule has 0 radical (unpaired) electrons. The zero-order valence-corrected chi connectivity index (χ0v) is 19.2. The van der Waals surface area contributed by atoms with Crippen LogP contribution in [0.3, 0.4) is 0 Å². The standard InChI is InChI=1S/C25H31ClN4O/c1-4-30(5-2)16-6-7-18(3)27-25(31)21-10-8-19(9-11-21)23-17-24(29-28-23)20-12-14-22(26)15-13-20/h8-15,17-18H,4-7,16H2,1-3H3,(H,27,31)(H,28,29)/t18-/m0/s1. The normalized spacial score (nSPS) is 12.2. The first kappa shape index (κ1) is 23.0. The van der Waals surface area contributed by atoms with Crippen molar-refractivity contribution in [2.24, 2.45) is 0 Å². The Kier molecular flexibility index (Phi) is 8.27. The van der Waals surface area contributed by atoms with Crippen molar-refractivity contribution in [1.29, 1.82) is 0 Å². The van der Waals surface area contributed by atoms with Gasteiger partial charge in [0.15, 0.2) is 0 Å². The molecule has 0 aliphatic rings. The lowest BCUT2D eigenvalue weighted by atomic mass is 10.1. The number of hydrogen-bond acceptors (Lipinski definition) is 3. The minimum absolute atomic E-state index is 0.0363. The van der Waals surface area contributed by atoms with Gasteiger partial charge in [-0.2, -0.15) is 5.10 Å². The highest BCUT2D eigenvalue weighted by molar-refractivity contribution is 6.30. The van der Waals surface area contributed by atoms with Crippen LogP contribution in [0.1, 0.15) is 44.0 Å². The quantitative estimate of drug-likeness (QED) is 0.430. The topological polar surface area (TPSA) is 61.0 Å². The van der Waals surface area contributed by atoms with E-state index in [4.69, 9.17) is 11.6 Å². The van der Waals surface area contributed by atoms with Crippen LogP contribution in [0.15, 0.2) is 54.6 Å². The van der Waals surface area contributed by atoms with E-state index in [2.05, 4.69) is 41.2 Å². The van der Waals surface area contributed by atoms with Gasteiger partial charge in [0.2, 0.25) is 0 Å². The molecule has 5 nitrogen and oxygen atoms in total.